The van der Waals surface area contributed by atoms with Crippen molar-refractivity contribution < 1.29 is 0 Å². The molecule has 2 heteroatoms. The highest BCUT2D eigenvalue weighted by Gasteiger charge is 2.02. The summed E-state index contributed by atoms with van der Waals surface area (Å²) in [4.78, 5) is 4.50. The molecule has 1 aromatic carbocycles. The zero-order valence-corrected chi connectivity index (χ0v) is 8.91. The Labute approximate surface area is 89.2 Å². The van der Waals surface area contributed by atoms with Gasteiger partial charge in [-0.3, -0.25) is 4.98 Å². The largest absolute Gasteiger partial charge is 0.251 e. The van der Waals surface area contributed by atoms with Gasteiger partial charge in [-0.15, -0.1) is 0 Å². The molecule has 0 saturated heterocycles. The number of rotatable bonds is 1. The van der Waals surface area contributed by atoms with E-state index in [1.165, 1.54) is 5.56 Å². The summed E-state index contributed by atoms with van der Waals surface area (Å²) in [5, 5.41) is 9.82. The highest BCUT2D eigenvalue weighted by molar-refractivity contribution is 5.80. The quantitative estimate of drug-likeness (QED) is 0.703. The molecule has 2 aromatic rings. The van der Waals surface area contributed by atoms with Crippen LogP contribution in [0, 0.1) is 25.2 Å². The molecule has 1 aromatic heterocycles. The van der Waals surface area contributed by atoms with E-state index in [-0.39, 0.29) is 0 Å². The number of aromatic nitrogens is 1. The third-order valence-electron chi connectivity index (χ3n) is 2.52. The second-order valence-electron chi connectivity index (χ2n) is 3.78. The molecule has 0 bridgehead atoms. The third kappa shape index (κ3) is 1.82. The normalized spacial score (nSPS) is 10.2. The molecule has 0 unspecified atom stereocenters. The first-order valence-corrected chi connectivity index (χ1v) is 4.94. The van der Waals surface area contributed by atoms with E-state index in [1.807, 2.05) is 13.8 Å². The number of hydrogen-bond donors (Lipinski definition) is 0. The maximum atomic E-state index is 8.68. The highest BCUT2D eigenvalue weighted by atomic mass is 14.7. The van der Waals surface area contributed by atoms with Gasteiger partial charge in [0.15, 0.2) is 0 Å². The van der Waals surface area contributed by atoms with Gasteiger partial charge in [-0.25, -0.2) is 0 Å². The second-order valence-corrected chi connectivity index (χ2v) is 3.78. The first-order valence-electron chi connectivity index (χ1n) is 4.94. The summed E-state index contributed by atoms with van der Waals surface area (Å²) in [6, 6.07) is 10.4. The zero-order valence-electron chi connectivity index (χ0n) is 8.91. The smallest absolute Gasteiger partial charge is 0.0777 e. The van der Waals surface area contributed by atoms with Gasteiger partial charge in [-0.1, -0.05) is 12.1 Å². The van der Waals surface area contributed by atoms with E-state index < -0.39 is 0 Å². The molecule has 0 amide bonds. The molecule has 0 radical (unpaired) electrons. The summed E-state index contributed by atoms with van der Waals surface area (Å²) < 4.78 is 0. The average molecular weight is 196 g/mol. The van der Waals surface area contributed by atoms with Crippen LogP contribution in [-0.2, 0) is 6.42 Å². The van der Waals surface area contributed by atoms with E-state index in [0.717, 1.165) is 22.2 Å². The van der Waals surface area contributed by atoms with E-state index in [4.69, 9.17) is 5.26 Å². The molecular formula is C13H12N2. The molecule has 0 aliphatic heterocycles. The first kappa shape index (κ1) is 9.67. The molecule has 0 N–H and O–H groups in total. The maximum Gasteiger partial charge on any atom is 0.0777 e. The van der Waals surface area contributed by atoms with Gasteiger partial charge in [-0.2, -0.15) is 5.26 Å². The molecule has 2 nitrogen and oxygen atoms in total. The minimum Gasteiger partial charge on any atom is -0.251 e. The summed E-state index contributed by atoms with van der Waals surface area (Å²) in [7, 11) is 0. The molecular weight excluding hydrogens is 184 g/mol. The van der Waals surface area contributed by atoms with Crippen molar-refractivity contribution in [3.63, 3.8) is 0 Å². The van der Waals surface area contributed by atoms with Gasteiger partial charge in [0.2, 0.25) is 0 Å². The summed E-state index contributed by atoms with van der Waals surface area (Å²) >= 11 is 0. The van der Waals surface area contributed by atoms with Gasteiger partial charge >= 0.3 is 0 Å². The number of aryl methyl sites for hydroxylation is 2. The predicted molar refractivity (Wildman–Crippen MR) is 60.5 cm³/mol. The molecule has 0 spiro atoms. The molecule has 0 fully saturated rings. The van der Waals surface area contributed by atoms with Crippen LogP contribution in [0.25, 0.3) is 10.9 Å². The first-order chi connectivity index (χ1) is 7.20. The zero-order chi connectivity index (χ0) is 10.8. The summed E-state index contributed by atoms with van der Waals surface area (Å²) in [6.07, 6.45) is 0.385. The number of fused-ring (bicyclic) bond motifs is 1. The van der Waals surface area contributed by atoms with Gasteiger partial charge in [-0.05, 0) is 37.1 Å². The van der Waals surface area contributed by atoms with Crippen molar-refractivity contribution in [3.8, 4) is 6.07 Å². The molecule has 0 aliphatic rings. The lowest BCUT2D eigenvalue weighted by Gasteiger charge is -2.04. The molecule has 0 aliphatic carbocycles. The number of pyridine rings is 1. The van der Waals surface area contributed by atoms with Gasteiger partial charge in [0.05, 0.1) is 23.7 Å². The molecule has 0 atom stereocenters. The SMILES string of the molecule is Cc1ccc2cc(C)c(CC#N)nc2c1. The van der Waals surface area contributed by atoms with Crippen LogP contribution in [0.5, 0.6) is 0 Å². The molecule has 0 saturated carbocycles. The van der Waals surface area contributed by atoms with Gasteiger partial charge in [0, 0.05) is 5.39 Å². The topological polar surface area (TPSA) is 36.7 Å². The van der Waals surface area contributed by atoms with Crippen LogP contribution in [0.15, 0.2) is 24.3 Å². The molecule has 15 heavy (non-hydrogen) atoms. The molecule has 2 rings (SSSR count). The number of nitrogens with zero attached hydrogens (tertiary/aromatic N) is 2. The van der Waals surface area contributed by atoms with Crippen molar-refractivity contribution in [3.05, 3.63) is 41.1 Å². The van der Waals surface area contributed by atoms with Crippen LogP contribution in [0.3, 0.4) is 0 Å². The van der Waals surface area contributed by atoms with Crippen molar-refractivity contribution in [1.82, 2.24) is 4.98 Å². The van der Waals surface area contributed by atoms with Gasteiger partial charge in [0.1, 0.15) is 0 Å². The van der Waals surface area contributed by atoms with E-state index in [9.17, 15) is 0 Å². The predicted octanol–water partition coefficient (Wildman–Crippen LogP) is 2.92. The third-order valence-corrected chi connectivity index (χ3v) is 2.52. The summed E-state index contributed by atoms with van der Waals surface area (Å²) in [5.41, 5.74) is 4.15. The van der Waals surface area contributed by atoms with E-state index in [1.54, 1.807) is 0 Å². The maximum absolute atomic E-state index is 8.68. The minimum absolute atomic E-state index is 0.385. The monoisotopic (exact) mass is 196 g/mol. The molecule has 74 valence electrons. The Morgan fingerprint density at radius 3 is 2.80 bits per heavy atom. The highest BCUT2D eigenvalue weighted by Crippen LogP contribution is 2.17. The Morgan fingerprint density at radius 1 is 1.27 bits per heavy atom. The number of hydrogen-bond acceptors (Lipinski definition) is 2. The summed E-state index contributed by atoms with van der Waals surface area (Å²) in [6.45, 7) is 4.05. The van der Waals surface area contributed by atoms with Crippen molar-refractivity contribution in [2.45, 2.75) is 20.3 Å². The van der Waals surface area contributed by atoms with Crippen molar-refractivity contribution >= 4 is 10.9 Å². The van der Waals surface area contributed by atoms with Crippen LogP contribution in [0.1, 0.15) is 16.8 Å². The van der Waals surface area contributed by atoms with Crippen LogP contribution in [0.2, 0.25) is 0 Å². The minimum atomic E-state index is 0.385. The Balaban J connectivity index is 2.67. The lowest BCUT2D eigenvalue weighted by molar-refractivity contribution is 1.11. The lowest BCUT2D eigenvalue weighted by Crippen LogP contribution is -1.93. The van der Waals surface area contributed by atoms with E-state index >= 15 is 0 Å². The number of benzene rings is 1. The van der Waals surface area contributed by atoms with Crippen molar-refractivity contribution in [1.29, 1.82) is 5.26 Å². The lowest BCUT2D eigenvalue weighted by atomic mass is 10.1. The van der Waals surface area contributed by atoms with Crippen molar-refractivity contribution in [2.75, 3.05) is 0 Å². The van der Waals surface area contributed by atoms with E-state index in [0.29, 0.717) is 6.42 Å². The van der Waals surface area contributed by atoms with Crippen LogP contribution in [0.4, 0.5) is 0 Å². The Bertz CT molecular complexity index is 550. The van der Waals surface area contributed by atoms with Crippen LogP contribution in [-0.4, -0.2) is 4.98 Å². The van der Waals surface area contributed by atoms with Crippen LogP contribution < -0.4 is 0 Å². The van der Waals surface area contributed by atoms with Gasteiger partial charge in [0.25, 0.3) is 0 Å². The fourth-order valence-electron chi connectivity index (χ4n) is 1.68. The van der Waals surface area contributed by atoms with Crippen LogP contribution >= 0.6 is 0 Å². The van der Waals surface area contributed by atoms with Crippen molar-refractivity contribution in [2.24, 2.45) is 0 Å². The Hall–Kier alpha value is -1.88. The van der Waals surface area contributed by atoms with E-state index in [2.05, 4.69) is 35.3 Å². The standard InChI is InChI=1S/C13H12N2/c1-9-3-4-11-8-10(2)12(5-6-14)15-13(11)7-9/h3-4,7-8H,5H2,1-2H3. The fourth-order valence-corrected chi connectivity index (χ4v) is 1.68. The second kappa shape index (κ2) is 3.70. The average Bonchev–Trinajstić information content (AvgIpc) is 2.20. The summed E-state index contributed by atoms with van der Waals surface area (Å²) in [5.74, 6) is 0. The fraction of sp³-hybridized carbons (Fsp3) is 0.231. The Morgan fingerprint density at radius 2 is 2.07 bits per heavy atom. The Kier molecular flexibility index (Phi) is 2.39. The van der Waals surface area contributed by atoms with Gasteiger partial charge < -0.3 is 0 Å². The number of nitriles is 1. The molecule has 1 heterocycles.